The number of pyridine rings is 1. The smallest absolute Gasteiger partial charge is 0.315 e. The van der Waals surface area contributed by atoms with Gasteiger partial charge in [-0.1, -0.05) is 18.2 Å². The summed E-state index contributed by atoms with van der Waals surface area (Å²) in [5, 5.41) is 0. The fourth-order valence-corrected chi connectivity index (χ4v) is 2.38. The second kappa shape index (κ2) is 7.49. The van der Waals surface area contributed by atoms with Crippen molar-refractivity contribution >= 4 is 6.03 Å². The Morgan fingerprint density at radius 3 is 2.73 bits per heavy atom. The monoisotopic (exact) mass is 305 g/mol. The van der Waals surface area contributed by atoms with E-state index < -0.39 is 18.7 Å². The number of carbonyl (C=O) groups is 1. The molecule has 116 valence electrons. The Bertz CT molecular complexity index is 622. The minimum atomic E-state index is -0.720. The maximum absolute atomic E-state index is 13.4. The van der Waals surface area contributed by atoms with E-state index in [1.165, 1.54) is 17.0 Å². The molecule has 6 heteroatoms. The molecule has 1 atom stereocenters. The molecule has 1 heterocycles. The van der Waals surface area contributed by atoms with Crippen LogP contribution in [0.15, 0.2) is 48.8 Å². The molecule has 0 aliphatic rings. The Kier molecular flexibility index (Phi) is 5.41. The molecule has 0 fully saturated rings. The van der Waals surface area contributed by atoms with E-state index in [-0.39, 0.29) is 12.4 Å². The first-order valence-corrected chi connectivity index (χ1v) is 6.88. The highest BCUT2D eigenvalue weighted by Gasteiger charge is 2.24. The zero-order chi connectivity index (χ0) is 15.9. The summed E-state index contributed by atoms with van der Waals surface area (Å²) in [7, 11) is 0. The van der Waals surface area contributed by atoms with E-state index >= 15 is 0 Å². The van der Waals surface area contributed by atoms with E-state index in [1.54, 1.807) is 36.7 Å². The highest BCUT2D eigenvalue weighted by Crippen LogP contribution is 2.25. The Balaban J connectivity index is 2.34. The van der Waals surface area contributed by atoms with Crippen molar-refractivity contribution < 1.29 is 13.6 Å². The van der Waals surface area contributed by atoms with Gasteiger partial charge < -0.3 is 10.6 Å². The molecule has 0 radical (unpaired) electrons. The van der Waals surface area contributed by atoms with Gasteiger partial charge in [0.25, 0.3) is 0 Å². The molecule has 0 saturated carbocycles. The van der Waals surface area contributed by atoms with E-state index in [4.69, 9.17) is 5.73 Å². The summed E-state index contributed by atoms with van der Waals surface area (Å²) in [5.41, 5.74) is 6.79. The SMILES string of the molecule is NC(=O)N(CCF)C(Cc1cccc(F)c1)c1cccnc1. The summed E-state index contributed by atoms with van der Waals surface area (Å²) < 4.78 is 26.1. The fraction of sp³-hybridized carbons (Fsp3) is 0.250. The first-order chi connectivity index (χ1) is 10.6. The number of nitrogens with zero attached hydrogens (tertiary/aromatic N) is 2. The number of rotatable bonds is 6. The van der Waals surface area contributed by atoms with Gasteiger partial charge in [0.05, 0.1) is 12.6 Å². The summed E-state index contributed by atoms with van der Waals surface area (Å²) in [6, 6.07) is 8.36. The highest BCUT2D eigenvalue weighted by atomic mass is 19.1. The minimum Gasteiger partial charge on any atom is -0.351 e. The normalized spacial score (nSPS) is 11.9. The van der Waals surface area contributed by atoms with Gasteiger partial charge in [0.2, 0.25) is 0 Å². The number of benzene rings is 1. The summed E-state index contributed by atoms with van der Waals surface area (Å²) in [4.78, 5) is 16.9. The van der Waals surface area contributed by atoms with Crippen LogP contribution in [0.1, 0.15) is 17.2 Å². The molecule has 0 saturated heterocycles. The van der Waals surface area contributed by atoms with Crippen LogP contribution >= 0.6 is 0 Å². The van der Waals surface area contributed by atoms with Gasteiger partial charge in [-0.3, -0.25) is 4.98 Å². The van der Waals surface area contributed by atoms with Crippen LogP contribution in [0.5, 0.6) is 0 Å². The standard InChI is InChI=1S/C16H17F2N3O/c17-6-8-21(16(19)22)15(13-4-2-7-20-11-13)10-12-3-1-5-14(18)9-12/h1-5,7,9,11,15H,6,8,10H2,(H2,19,22). The zero-order valence-electron chi connectivity index (χ0n) is 12.0. The lowest BCUT2D eigenvalue weighted by Crippen LogP contribution is -2.41. The summed E-state index contributed by atoms with van der Waals surface area (Å²) in [6.07, 6.45) is 3.52. The predicted octanol–water partition coefficient (Wildman–Crippen LogP) is 2.85. The van der Waals surface area contributed by atoms with Crippen LogP contribution in [0.2, 0.25) is 0 Å². The van der Waals surface area contributed by atoms with E-state index in [0.717, 1.165) is 5.56 Å². The van der Waals surface area contributed by atoms with Crippen LogP contribution in [0.4, 0.5) is 13.6 Å². The molecule has 2 N–H and O–H groups in total. The lowest BCUT2D eigenvalue weighted by atomic mass is 9.98. The second-order valence-corrected chi connectivity index (χ2v) is 4.86. The van der Waals surface area contributed by atoms with Gasteiger partial charge >= 0.3 is 6.03 Å². The van der Waals surface area contributed by atoms with Crippen molar-refractivity contribution in [3.8, 4) is 0 Å². The molecule has 2 rings (SSSR count). The number of alkyl halides is 1. The third kappa shape index (κ3) is 4.00. The second-order valence-electron chi connectivity index (χ2n) is 4.86. The Labute approximate surface area is 127 Å². The number of primary amides is 1. The van der Waals surface area contributed by atoms with Crippen LogP contribution in [-0.2, 0) is 6.42 Å². The maximum atomic E-state index is 13.4. The lowest BCUT2D eigenvalue weighted by molar-refractivity contribution is 0.176. The Morgan fingerprint density at radius 2 is 2.14 bits per heavy atom. The molecule has 4 nitrogen and oxygen atoms in total. The van der Waals surface area contributed by atoms with Gasteiger partial charge in [0.1, 0.15) is 12.5 Å². The average Bonchev–Trinajstić information content (AvgIpc) is 2.51. The topological polar surface area (TPSA) is 59.2 Å². The van der Waals surface area contributed by atoms with Crippen LogP contribution in [0.25, 0.3) is 0 Å². The molecule has 0 aliphatic heterocycles. The minimum absolute atomic E-state index is 0.121. The molecular weight excluding hydrogens is 288 g/mol. The number of halogens is 2. The molecule has 2 amide bonds. The van der Waals surface area contributed by atoms with E-state index in [0.29, 0.717) is 12.0 Å². The molecule has 1 aromatic carbocycles. The van der Waals surface area contributed by atoms with Gasteiger partial charge in [-0.15, -0.1) is 0 Å². The molecule has 2 aromatic rings. The van der Waals surface area contributed by atoms with E-state index in [9.17, 15) is 13.6 Å². The van der Waals surface area contributed by atoms with Gasteiger partial charge in [0, 0.05) is 12.4 Å². The zero-order valence-corrected chi connectivity index (χ0v) is 12.0. The van der Waals surface area contributed by atoms with Crippen LogP contribution in [0, 0.1) is 5.82 Å². The maximum Gasteiger partial charge on any atom is 0.315 e. The molecule has 0 bridgehead atoms. The summed E-state index contributed by atoms with van der Waals surface area (Å²) in [6.45, 7) is -0.826. The molecule has 0 spiro atoms. The Morgan fingerprint density at radius 1 is 1.32 bits per heavy atom. The van der Waals surface area contributed by atoms with Crippen molar-refractivity contribution in [1.29, 1.82) is 0 Å². The van der Waals surface area contributed by atoms with E-state index in [1.807, 2.05) is 0 Å². The van der Waals surface area contributed by atoms with Gasteiger partial charge in [-0.25, -0.2) is 13.6 Å². The van der Waals surface area contributed by atoms with Crippen molar-refractivity contribution in [3.63, 3.8) is 0 Å². The predicted molar refractivity (Wildman–Crippen MR) is 79.3 cm³/mol. The third-order valence-corrected chi connectivity index (χ3v) is 3.37. The van der Waals surface area contributed by atoms with Crippen LogP contribution < -0.4 is 5.73 Å². The lowest BCUT2D eigenvalue weighted by Gasteiger charge is -2.30. The number of nitrogens with two attached hydrogens (primary N) is 1. The number of hydrogen-bond donors (Lipinski definition) is 1. The van der Waals surface area contributed by atoms with Crippen molar-refractivity contribution in [2.45, 2.75) is 12.5 Å². The van der Waals surface area contributed by atoms with Gasteiger partial charge in [-0.2, -0.15) is 0 Å². The summed E-state index contributed by atoms with van der Waals surface area (Å²) in [5.74, 6) is -0.362. The summed E-state index contributed by atoms with van der Waals surface area (Å²) >= 11 is 0. The quantitative estimate of drug-likeness (QED) is 0.892. The number of urea groups is 1. The number of carbonyl (C=O) groups excluding carboxylic acids is 1. The Hall–Kier alpha value is -2.50. The fourth-order valence-electron chi connectivity index (χ4n) is 2.38. The molecular formula is C16H17F2N3O. The average molecular weight is 305 g/mol. The van der Waals surface area contributed by atoms with Crippen molar-refractivity contribution in [3.05, 3.63) is 65.7 Å². The van der Waals surface area contributed by atoms with Crippen molar-refractivity contribution in [2.24, 2.45) is 5.73 Å². The van der Waals surface area contributed by atoms with Gasteiger partial charge in [-0.05, 0) is 35.7 Å². The first kappa shape index (κ1) is 15.9. The number of hydrogen-bond acceptors (Lipinski definition) is 2. The molecule has 1 unspecified atom stereocenters. The molecule has 22 heavy (non-hydrogen) atoms. The van der Waals surface area contributed by atoms with Crippen LogP contribution in [-0.4, -0.2) is 29.1 Å². The molecule has 0 aliphatic carbocycles. The first-order valence-electron chi connectivity index (χ1n) is 6.88. The highest BCUT2D eigenvalue weighted by molar-refractivity contribution is 5.72. The van der Waals surface area contributed by atoms with Crippen molar-refractivity contribution in [2.75, 3.05) is 13.2 Å². The largest absolute Gasteiger partial charge is 0.351 e. The molecule has 1 aromatic heterocycles. The van der Waals surface area contributed by atoms with E-state index in [2.05, 4.69) is 4.98 Å². The van der Waals surface area contributed by atoms with Crippen LogP contribution in [0.3, 0.4) is 0 Å². The van der Waals surface area contributed by atoms with Crippen molar-refractivity contribution in [1.82, 2.24) is 9.88 Å². The number of amides is 2. The third-order valence-electron chi connectivity index (χ3n) is 3.37. The number of aromatic nitrogens is 1. The van der Waals surface area contributed by atoms with Gasteiger partial charge in [0.15, 0.2) is 0 Å².